The highest BCUT2D eigenvalue weighted by atomic mass is 16.5. The summed E-state index contributed by atoms with van der Waals surface area (Å²) in [5, 5.41) is 20.5. The van der Waals surface area contributed by atoms with Crippen molar-refractivity contribution < 1.29 is 28.9 Å². The molecule has 0 aromatic heterocycles. The first-order valence-electron chi connectivity index (χ1n) is 8.03. The number of rotatable bonds is 9. The summed E-state index contributed by atoms with van der Waals surface area (Å²) in [5.74, 6) is -1.14. The zero-order valence-electron chi connectivity index (χ0n) is 15.4. The molecule has 1 unspecified atom stereocenters. The number of nitrogens with zero attached hydrogens (tertiary/aromatic N) is 1. The van der Waals surface area contributed by atoms with E-state index >= 15 is 0 Å². The number of hydrogen-bond donors (Lipinski definition) is 2. The lowest BCUT2D eigenvalue weighted by atomic mass is 10.2. The van der Waals surface area contributed by atoms with Gasteiger partial charge in [0, 0.05) is 19.1 Å². The van der Waals surface area contributed by atoms with Crippen molar-refractivity contribution in [2.24, 2.45) is 0 Å². The standard InChI is InChI=1S/C18H24N2O6/c1-18(2,3)26-8-7-13(17(22)23)20-16(21)11-25-14-6-5-12(10-19)9-15(14)24-4/h5-6,9,13H,7-8,11H2,1-4H3,(H,20,21)(H,22,23). The van der Waals surface area contributed by atoms with Crippen LogP contribution in [0.3, 0.4) is 0 Å². The largest absolute Gasteiger partial charge is 0.493 e. The van der Waals surface area contributed by atoms with Crippen molar-refractivity contribution in [1.29, 1.82) is 5.26 Å². The molecule has 0 bridgehead atoms. The Labute approximate surface area is 152 Å². The van der Waals surface area contributed by atoms with Gasteiger partial charge in [0.2, 0.25) is 0 Å². The first kappa shape index (κ1) is 21.3. The van der Waals surface area contributed by atoms with Gasteiger partial charge in [-0.2, -0.15) is 5.26 Å². The minimum absolute atomic E-state index is 0.137. The van der Waals surface area contributed by atoms with Gasteiger partial charge in [0.1, 0.15) is 6.04 Å². The lowest BCUT2D eigenvalue weighted by molar-refractivity contribution is -0.143. The fraction of sp³-hybridized carbons (Fsp3) is 0.500. The van der Waals surface area contributed by atoms with E-state index in [-0.39, 0.29) is 31.0 Å². The molecule has 8 heteroatoms. The van der Waals surface area contributed by atoms with Crippen LogP contribution in [0.5, 0.6) is 11.5 Å². The first-order valence-corrected chi connectivity index (χ1v) is 8.03. The molecule has 142 valence electrons. The third-order valence-corrected chi connectivity index (χ3v) is 3.23. The number of nitrogens with one attached hydrogen (secondary N) is 1. The van der Waals surface area contributed by atoms with Gasteiger partial charge in [-0.3, -0.25) is 4.79 Å². The summed E-state index contributed by atoms with van der Waals surface area (Å²) in [7, 11) is 1.42. The molecule has 0 radical (unpaired) electrons. The zero-order valence-corrected chi connectivity index (χ0v) is 15.4. The van der Waals surface area contributed by atoms with Crippen LogP contribution >= 0.6 is 0 Å². The summed E-state index contributed by atoms with van der Waals surface area (Å²) < 4.78 is 15.9. The van der Waals surface area contributed by atoms with Crippen molar-refractivity contribution in [3.05, 3.63) is 23.8 Å². The number of carbonyl (C=O) groups is 2. The number of methoxy groups -OCH3 is 1. The smallest absolute Gasteiger partial charge is 0.326 e. The fourth-order valence-corrected chi connectivity index (χ4v) is 1.98. The Balaban J connectivity index is 2.58. The highest BCUT2D eigenvalue weighted by molar-refractivity contribution is 5.84. The van der Waals surface area contributed by atoms with Gasteiger partial charge >= 0.3 is 5.97 Å². The minimum atomic E-state index is -1.15. The molecule has 2 N–H and O–H groups in total. The second-order valence-corrected chi connectivity index (χ2v) is 6.47. The normalized spacial score (nSPS) is 12.0. The number of carboxylic acids is 1. The van der Waals surface area contributed by atoms with E-state index in [4.69, 9.17) is 19.5 Å². The van der Waals surface area contributed by atoms with Crippen molar-refractivity contribution in [2.45, 2.75) is 38.8 Å². The number of carboxylic acid groups (broad SMARTS) is 1. The van der Waals surface area contributed by atoms with Crippen LogP contribution in [0.25, 0.3) is 0 Å². The summed E-state index contributed by atoms with van der Waals surface area (Å²) in [6, 6.07) is 5.42. The van der Waals surface area contributed by atoms with E-state index in [0.29, 0.717) is 11.3 Å². The average molecular weight is 364 g/mol. The Morgan fingerprint density at radius 1 is 1.31 bits per heavy atom. The molecule has 0 aliphatic heterocycles. The molecule has 0 fully saturated rings. The van der Waals surface area contributed by atoms with E-state index in [1.54, 1.807) is 0 Å². The molecule has 0 heterocycles. The summed E-state index contributed by atoms with van der Waals surface area (Å²) in [4.78, 5) is 23.3. The van der Waals surface area contributed by atoms with E-state index in [1.165, 1.54) is 25.3 Å². The van der Waals surface area contributed by atoms with Crippen LogP contribution < -0.4 is 14.8 Å². The molecule has 0 saturated carbocycles. The maximum atomic E-state index is 12.0. The SMILES string of the molecule is COc1cc(C#N)ccc1OCC(=O)NC(CCOC(C)(C)C)C(=O)O. The van der Waals surface area contributed by atoms with E-state index in [1.807, 2.05) is 26.8 Å². The third-order valence-electron chi connectivity index (χ3n) is 3.23. The Morgan fingerprint density at radius 3 is 2.54 bits per heavy atom. The summed E-state index contributed by atoms with van der Waals surface area (Å²) >= 11 is 0. The van der Waals surface area contributed by atoms with Crippen molar-refractivity contribution in [3.8, 4) is 17.6 Å². The third kappa shape index (κ3) is 7.40. The van der Waals surface area contributed by atoms with Gasteiger partial charge in [-0.15, -0.1) is 0 Å². The Bertz CT molecular complexity index is 675. The average Bonchev–Trinajstić information content (AvgIpc) is 2.57. The number of amides is 1. The van der Waals surface area contributed by atoms with Gasteiger partial charge in [0.05, 0.1) is 24.3 Å². The van der Waals surface area contributed by atoms with Crippen molar-refractivity contribution >= 4 is 11.9 Å². The van der Waals surface area contributed by atoms with Crippen molar-refractivity contribution in [2.75, 3.05) is 20.3 Å². The fourth-order valence-electron chi connectivity index (χ4n) is 1.98. The number of carbonyl (C=O) groups excluding carboxylic acids is 1. The number of nitriles is 1. The molecule has 1 amide bonds. The molecule has 1 aromatic rings. The minimum Gasteiger partial charge on any atom is -0.493 e. The monoisotopic (exact) mass is 364 g/mol. The van der Waals surface area contributed by atoms with Crippen molar-refractivity contribution in [3.63, 3.8) is 0 Å². The van der Waals surface area contributed by atoms with Gasteiger partial charge in [0.15, 0.2) is 18.1 Å². The summed E-state index contributed by atoms with van der Waals surface area (Å²) in [6.45, 7) is 5.40. The van der Waals surface area contributed by atoms with Gasteiger partial charge in [-0.1, -0.05) is 0 Å². The lowest BCUT2D eigenvalue weighted by Crippen LogP contribution is -2.44. The summed E-state index contributed by atoms with van der Waals surface area (Å²) in [6.07, 6.45) is 0.137. The molecule has 0 aliphatic rings. The number of benzene rings is 1. The molecule has 0 saturated heterocycles. The molecule has 1 atom stereocenters. The van der Waals surface area contributed by atoms with E-state index in [0.717, 1.165) is 0 Å². The lowest BCUT2D eigenvalue weighted by Gasteiger charge is -2.21. The highest BCUT2D eigenvalue weighted by Crippen LogP contribution is 2.27. The first-order chi connectivity index (χ1) is 12.2. The maximum Gasteiger partial charge on any atom is 0.326 e. The van der Waals surface area contributed by atoms with E-state index in [9.17, 15) is 14.7 Å². The van der Waals surface area contributed by atoms with Crippen molar-refractivity contribution in [1.82, 2.24) is 5.32 Å². The Morgan fingerprint density at radius 2 is 2.00 bits per heavy atom. The van der Waals surface area contributed by atoms with Gasteiger partial charge in [-0.05, 0) is 32.9 Å². The predicted octanol–water partition coefficient (Wildman–Crippen LogP) is 1.72. The van der Waals surface area contributed by atoms with Crippen LogP contribution in [0.1, 0.15) is 32.8 Å². The van der Waals surface area contributed by atoms with Crippen LogP contribution in [0, 0.1) is 11.3 Å². The maximum absolute atomic E-state index is 12.0. The van der Waals surface area contributed by atoms with Crippen LogP contribution in [-0.4, -0.2) is 48.9 Å². The Hall–Kier alpha value is -2.79. The van der Waals surface area contributed by atoms with Crippen LogP contribution in [0.4, 0.5) is 0 Å². The molecule has 1 rings (SSSR count). The number of hydrogen-bond acceptors (Lipinski definition) is 6. The molecule has 1 aromatic carbocycles. The number of aliphatic carboxylic acids is 1. The molecule has 0 aliphatic carbocycles. The second-order valence-electron chi connectivity index (χ2n) is 6.47. The van der Waals surface area contributed by atoms with E-state index in [2.05, 4.69) is 5.32 Å². The molecular weight excluding hydrogens is 340 g/mol. The van der Waals surface area contributed by atoms with Crippen LogP contribution in [0.15, 0.2) is 18.2 Å². The van der Waals surface area contributed by atoms with Gasteiger partial charge in [0.25, 0.3) is 5.91 Å². The topological polar surface area (TPSA) is 118 Å². The highest BCUT2D eigenvalue weighted by Gasteiger charge is 2.21. The molecule has 26 heavy (non-hydrogen) atoms. The zero-order chi connectivity index (χ0) is 19.7. The second kappa shape index (κ2) is 9.63. The van der Waals surface area contributed by atoms with Gasteiger partial charge in [-0.25, -0.2) is 4.79 Å². The van der Waals surface area contributed by atoms with Crippen LogP contribution in [-0.2, 0) is 14.3 Å². The molecular formula is C18H24N2O6. The van der Waals surface area contributed by atoms with E-state index < -0.39 is 17.9 Å². The van der Waals surface area contributed by atoms with Crippen LogP contribution in [0.2, 0.25) is 0 Å². The molecule has 8 nitrogen and oxygen atoms in total. The van der Waals surface area contributed by atoms with Gasteiger partial charge < -0.3 is 24.6 Å². The molecule has 0 spiro atoms. The predicted molar refractivity (Wildman–Crippen MR) is 93.1 cm³/mol. The summed E-state index contributed by atoms with van der Waals surface area (Å²) in [5.41, 5.74) is 0.00548. The number of ether oxygens (including phenoxy) is 3. The Kier molecular flexibility index (Phi) is 7.87. The quantitative estimate of drug-likeness (QED) is 0.685.